The lowest BCUT2D eigenvalue weighted by atomic mass is 9.95. The van der Waals surface area contributed by atoms with Crippen LogP contribution in [0.15, 0.2) is 47.0 Å². The second kappa shape index (κ2) is 7.90. The Morgan fingerprint density at radius 3 is 2.52 bits per heavy atom. The minimum atomic E-state index is -0.150. The summed E-state index contributed by atoms with van der Waals surface area (Å²) in [5, 5.41) is 11.0. The second-order valence-corrected chi connectivity index (χ2v) is 7.28. The van der Waals surface area contributed by atoms with Crippen LogP contribution in [0.5, 0.6) is 0 Å². The van der Waals surface area contributed by atoms with Gasteiger partial charge < -0.3 is 14.7 Å². The van der Waals surface area contributed by atoms with E-state index in [1.54, 1.807) is 29.6 Å². The third kappa shape index (κ3) is 4.06. The maximum atomic E-state index is 13.0. The molecular formula is C21H23N5O3. The standard InChI is InChI=1S/C21H23N5O3/c1-14-12-19(24-29-14)22-20(27)16-8-10-26(11-9-16)21(28)18-13-17(23-25(18)2)15-6-4-3-5-7-15/h3-7,12-13,16H,8-11H2,1-2H3,(H,22,24,27). The molecule has 1 aliphatic heterocycles. The molecule has 0 spiro atoms. The Balaban J connectivity index is 1.38. The number of anilines is 1. The fourth-order valence-electron chi connectivity index (χ4n) is 3.58. The van der Waals surface area contributed by atoms with Crippen LogP contribution >= 0.6 is 0 Å². The number of piperidine rings is 1. The first-order chi connectivity index (χ1) is 14.0. The van der Waals surface area contributed by atoms with E-state index in [1.165, 1.54) is 0 Å². The monoisotopic (exact) mass is 393 g/mol. The first kappa shape index (κ1) is 18.9. The predicted molar refractivity (Wildman–Crippen MR) is 107 cm³/mol. The van der Waals surface area contributed by atoms with Crippen molar-refractivity contribution in [1.82, 2.24) is 19.8 Å². The van der Waals surface area contributed by atoms with Gasteiger partial charge in [0.05, 0.1) is 5.69 Å². The molecule has 0 radical (unpaired) electrons. The number of aromatic nitrogens is 3. The van der Waals surface area contributed by atoms with Gasteiger partial charge in [-0.25, -0.2) is 0 Å². The van der Waals surface area contributed by atoms with E-state index in [0.29, 0.717) is 43.2 Å². The highest BCUT2D eigenvalue weighted by molar-refractivity contribution is 5.94. The molecule has 8 nitrogen and oxygen atoms in total. The van der Waals surface area contributed by atoms with Gasteiger partial charge in [-0.15, -0.1) is 0 Å². The van der Waals surface area contributed by atoms with Gasteiger partial charge in [-0.1, -0.05) is 35.5 Å². The molecule has 0 aliphatic carbocycles. The number of likely N-dealkylation sites (tertiary alicyclic amines) is 1. The third-order valence-corrected chi connectivity index (χ3v) is 5.20. The molecule has 1 fully saturated rings. The van der Waals surface area contributed by atoms with Gasteiger partial charge in [0.25, 0.3) is 5.91 Å². The molecule has 3 heterocycles. The van der Waals surface area contributed by atoms with Crippen LogP contribution in [0.2, 0.25) is 0 Å². The highest BCUT2D eigenvalue weighted by Crippen LogP contribution is 2.23. The van der Waals surface area contributed by atoms with Crippen molar-refractivity contribution in [3.05, 3.63) is 53.9 Å². The summed E-state index contributed by atoms with van der Waals surface area (Å²) in [5.41, 5.74) is 2.29. The maximum Gasteiger partial charge on any atom is 0.272 e. The Labute approximate surface area is 168 Å². The zero-order chi connectivity index (χ0) is 20.4. The van der Waals surface area contributed by atoms with Crippen LogP contribution in [-0.4, -0.2) is 44.7 Å². The molecule has 4 rings (SSSR count). The molecule has 0 unspecified atom stereocenters. The van der Waals surface area contributed by atoms with Crippen LogP contribution in [-0.2, 0) is 11.8 Å². The van der Waals surface area contributed by atoms with Gasteiger partial charge >= 0.3 is 0 Å². The van der Waals surface area contributed by atoms with Crippen LogP contribution in [0.4, 0.5) is 5.82 Å². The fraction of sp³-hybridized carbons (Fsp3) is 0.333. The molecule has 150 valence electrons. The average Bonchev–Trinajstić information content (AvgIpc) is 3.33. The lowest BCUT2D eigenvalue weighted by Crippen LogP contribution is -2.42. The van der Waals surface area contributed by atoms with Crippen LogP contribution in [0.3, 0.4) is 0 Å². The Bertz CT molecular complexity index is 1020. The largest absolute Gasteiger partial charge is 0.360 e. The van der Waals surface area contributed by atoms with Crippen molar-refractivity contribution < 1.29 is 14.1 Å². The highest BCUT2D eigenvalue weighted by atomic mass is 16.5. The van der Waals surface area contributed by atoms with Gasteiger partial charge in [0.1, 0.15) is 11.5 Å². The quantitative estimate of drug-likeness (QED) is 0.736. The number of amides is 2. The number of hydrogen-bond donors (Lipinski definition) is 1. The first-order valence-electron chi connectivity index (χ1n) is 9.64. The molecule has 1 saturated heterocycles. The SMILES string of the molecule is Cc1cc(NC(=O)C2CCN(C(=O)c3cc(-c4ccccc4)nn3C)CC2)no1. The van der Waals surface area contributed by atoms with Crippen molar-refractivity contribution in [2.45, 2.75) is 19.8 Å². The van der Waals surface area contributed by atoms with E-state index in [0.717, 1.165) is 11.3 Å². The van der Waals surface area contributed by atoms with Crippen molar-refractivity contribution in [2.75, 3.05) is 18.4 Å². The van der Waals surface area contributed by atoms with Crippen molar-refractivity contribution in [2.24, 2.45) is 13.0 Å². The van der Waals surface area contributed by atoms with Crippen molar-refractivity contribution in [1.29, 1.82) is 0 Å². The molecule has 0 saturated carbocycles. The summed E-state index contributed by atoms with van der Waals surface area (Å²) < 4.78 is 6.59. The summed E-state index contributed by atoms with van der Waals surface area (Å²) in [5.74, 6) is 0.772. The predicted octanol–water partition coefficient (Wildman–Crippen LogP) is 2.87. The van der Waals surface area contributed by atoms with E-state index in [-0.39, 0.29) is 17.7 Å². The van der Waals surface area contributed by atoms with Crippen molar-refractivity contribution in [3.8, 4) is 11.3 Å². The number of hydrogen-bond acceptors (Lipinski definition) is 5. The van der Waals surface area contributed by atoms with Gasteiger partial charge in [0.2, 0.25) is 5.91 Å². The van der Waals surface area contributed by atoms with Crippen molar-refractivity contribution in [3.63, 3.8) is 0 Å². The normalized spacial score (nSPS) is 14.8. The number of nitrogens with zero attached hydrogens (tertiary/aromatic N) is 4. The highest BCUT2D eigenvalue weighted by Gasteiger charge is 2.29. The minimum Gasteiger partial charge on any atom is -0.360 e. The van der Waals surface area contributed by atoms with E-state index < -0.39 is 0 Å². The Hall–Kier alpha value is -3.42. The number of aryl methyl sites for hydroxylation is 2. The van der Waals surface area contributed by atoms with Crippen LogP contribution in [0, 0.1) is 12.8 Å². The molecule has 29 heavy (non-hydrogen) atoms. The summed E-state index contributed by atoms with van der Waals surface area (Å²) in [7, 11) is 1.78. The number of nitrogens with one attached hydrogen (secondary N) is 1. The molecule has 2 aromatic heterocycles. The number of carbonyl (C=O) groups excluding carboxylic acids is 2. The average molecular weight is 393 g/mol. The summed E-state index contributed by atoms with van der Waals surface area (Å²) in [4.78, 5) is 27.2. The Morgan fingerprint density at radius 1 is 1.14 bits per heavy atom. The lowest BCUT2D eigenvalue weighted by molar-refractivity contribution is -0.121. The molecule has 0 bridgehead atoms. The Kier molecular flexibility index (Phi) is 5.16. The topological polar surface area (TPSA) is 93.3 Å². The smallest absolute Gasteiger partial charge is 0.272 e. The summed E-state index contributed by atoms with van der Waals surface area (Å²) in [6.07, 6.45) is 1.22. The van der Waals surface area contributed by atoms with E-state index in [2.05, 4.69) is 15.6 Å². The van der Waals surface area contributed by atoms with E-state index in [9.17, 15) is 9.59 Å². The molecule has 2 amide bonds. The van der Waals surface area contributed by atoms with E-state index >= 15 is 0 Å². The molecule has 1 aliphatic rings. The maximum absolute atomic E-state index is 13.0. The lowest BCUT2D eigenvalue weighted by Gasteiger charge is -2.31. The fourth-order valence-corrected chi connectivity index (χ4v) is 3.58. The first-order valence-corrected chi connectivity index (χ1v) is 9.64. The van der Waals surface area contributed by atoms with Gasteiger partial charge in [-0.2, -0.15) is 5.10 Å². The third-order valence-electron chi connectivity index (χ3n) is 5.20. The molecule has 3 aromatic rings. The zero-order valence-corrected chi connectivity index (χ0v) is 16.5. The minimum absolute atomic E-state index is 0.0619. The number of benzene rings is 1. The summed E-state index contributed by atoms with van der Waals surface area (Å²) in [6, 6.07) is 13.3. The van der Waals surface area contributed by atoms with Crippen LogP contribution in [0.1, 0.15) is 29.1 Å². The van der Waals surface area contributed by atoms with E-state index in [4.69, 9.17) is 4.52 Å². The van der Waals surface area contributed by atoms with Crippen LogP contribution < -0.4 is 5.32 Å². The van der Waals surface area contributed by atoms with Gasteiger partial charge in [0, 0.05) is 37.7 Å². The van der Waals surface area contributed by atoms with E-state index in [1.807, 2.05) is 36.4 Å². The Morgan fingerprint density at radius 2 is 1.86 bits per heavy atom. The number of rotatable bonds is 4. The van der Waals surface area contributed by atoms with Crippen LogP contribution in [0.25, 0.3) is 11.3 Å². The molecule has 1 N–H and O–H groups in total. The summed E-state index contributed by atoms with van der Waals surface area (Å²) >= 11 is 0. The van der Waals surface area contributed by atoms with Gasteiger partial charge in [-0.3, -0.25) is 14.3 Å². The molecule has 8 heteroatoms. The van der Waals surface area contributed by atoms with Gasteiger partial charge in [-0.05, 0) is 25.8 Å². The summed E-state index contributed by atoms with van der Waals surface area (Å²) in [6.45, 7) is 2.83. The van der Waals surface area contributed by atoms with Crippen molar-refractivity contribution >= 4 is 17.6 Å². The van der Waals surface area contributed by atoms with Gasteiger partial charge in [0.15, 0.2) is 5.82 Å². The molecule has 0 atom stereocenters. The number of carbonyl (C=O) groups is 2. The molecular weight excluding hydrogens is 370 g/mol. The molecule has 1 aromatic carbocycles. The second-order valence-electron chi connectivity index (χ2n) is 7.28. The zero-order valence-electron chi connectivity index (χ0n) is 16.5.